The summed E-state index contributed by atoms with van der Waals surface area (Å²) in [4.78, 5) is 56.4. The van der Waals surface area contributed by atoms with Crippen LogP contribution in [0.4, 0.5) is 5.00 Å². The van der Waals surface area contributed by atoms with Gasteiger partial charge in [0, 0.05) is 28.8 Å². The first-order chi connectivity index (χ1) is 19.0. The minimum atomic E-state index is -1.75. The molecule has 40 heavy (non-hydrogen) atoms. The number of oxime groups is 1. The molecule has 1 saturated heterocycles. The molecular formula is C24H23N6O7S3+. The highest BCUT2D eigenvalue weighted by molar-refractivity contribution is 8.00. The third kappa shape index (κ3) is 5.12. The van der Waals surface area contributed by atoms with Crippen molar-refractivity contribution in [2.45, 2.75) is 37.4 Å². The summed E-state index contributed by atoms with van der Waals surface area (Å²) in [6, 6.07) is 4.27. The second-order valence-corrected chi connectivity index (χ2v) is 12.3. The number of anilines is 1. The van der Waals surface area contributed by atoms with Gasteiger partial charge in [-0.3, -0.25) is 14.5 Å². The van der Waals surface area contributed by atoms with Crippen molar-refractivity contribution in [3.05, 3.63) is 52.9 Å². The first kappa shape index (κ1) is 27.5. The van der Waals surface area contributed by atoms with E-state index in [0.29, 0.717) is 11.3 Å². The van der Waals surface area contributed by atoms with Gasteiger partial charge in [0.15, 0.2) is 24.7 Å². The predicted molar refractivity (Wildman–Crippen MR) is 148 cm³/mol. The number of amides is 2. The molecule has 3 aromatic rings. The topological polar surface area (TPSA) is 188 Å². The Balaban J connectivity index is 1.36. The zero-order chi connectivity index (χ0) is 28.8. The molecule has 1 fully saturated rings. The summed E-state index contributed by atoms with van der Waals surface area (Å²) in [5.41, 5.74) is 4.11. The van der Waals surface area contributed by atoms with E-state index in [1.165, 1.54) is 36.6 Å². The molecule has 16 heteroatoms. The quantitative estimate of drug-likeness (QED) is 0.120. The lowest BCUT2D eigenvalue weighted by Crippen LogP contribution is -2.71. The van der Waals surface area contributed by atoms with Gasteiger partial charge in [0.05, 0.1) is 4.70 Å². The van der Waals surface area contributed by atoms with E-state index in [0.717, 1.165) is 21.6 Å². The summed E-state index contributed by atoms with van der Waals surface area (Å²) in [7, 11) is 0. The Morgan fingerprint density at radius 2 is 2.10 bits per heavy atom. The number of carbonyl (C=O) groups is 4. The third-order valence-electron chi connectivity index (χ3n) is 6.23. The van der Waals surface area contributed by atoms with Gasteiger partial charge in [-0.05, 0) is 36.8 Å². The van der Waals surface area contributed by atoms with Crippen molar-refractivity contribution in [3.63, 3.8) is 0 Å². The van der Waals surface area contributed by atoms with Crippen LogP contribution < -0.4 is 15.6 Å². The Bertz CT molecular complexity index is 1610. The van der Waals surface area contributed by atoms with Gasteiger partial charge in [-0.2, -0.15) is 8.94 Å². The monoisotopic (exact) mass is 603 g/mol. The Morgan fingerprint density at radius 3 is 2.77 bits per heavy atom. The molecule has 5 N–H and O–H groups in total. The zero-order valence-electron chi connectivity index (χ0n) is 21.1. The highest BCUT2D eigenvalue weighted by Crippen LogP contribution is 2.40. The van der Waals surface area contributed by atoms with Gasteiger partial charge in [0.25, 0.3) is 11.8 Å². The minimum absolute atomic E-state index is 0.0363. The maximum absolute atomic E-state index is 13.2. The lowest BCUT2D eigenvalue weighted by Gasteiger charge is -2.49. The van der Waals surface area contributed by atoms with Crippen LogP contribution in [0.5, 0.6) is 0 Å². The van der Waals surface area contributed by atoms with Gasteiger partial charge in [-0.1, -0.05) is 5.16 Å². The van der Waals surface area contributed by atoms with Gasteiger partial charge in [-0.15, -0.1) is 23.1 Å². The Kier molecular flexibility index (Phi) is 7.24. The molecule has 0 saturated carbocycles. The molecule has 13 nitrogen and oxygen atoms in total. The van der Waals surface area contributed by atoms with Crippen LogP contribution in [-0.4, -0.2) is 71.7 Å². The zero-order valence-corrected chi connectivity index (χ0v) is 23.5. The molecule has 1 unspecified atom stereocenters. The number of carbonyl (C=O) groups excluding carboxylic acids is 2. The fourth-order valence-corrected chi connectivity index (χ4v) is 6.75. The van der Waals surface area contributed by atoms with Gasteiger partial charge >= 0.3 is 11.9 Å². The summed E-state index contributed by atoms with van der Waals surface area (Å²) in [5.74, 6) is -3.66. The third-order valence-corrected chi connectivity index (χ3v) is 9.06. The standard InChI is InChI=1S/C24H22N6O7S3/c1-24(2,23(35)36)37-27-16(13-7-15(25)40-28-13)19(31)26-17-20(32)30-18(22(33)34)12(10-39-21(17)30)8-29-5-3-11-4-6-38-14(11)9-29/h3-7,9,17,21H,8,10H2,1-2H3,(H4-,25,26,28,31,33,34,35,36)/p+1/t17?,21-/m1/s1. The number of thioether (sulfide) groups is 1. The first-order valence-corrected chi connectivity index (χ1v) is 14.5. The van der Waals surface area contributed by atoms with Crippen LogP contribution in [0.1, 0.15) is 19.5 Å². The number of hydrogen-bond acceptors (Lipinski definition) is 11. The fraction of sp³-hybridized carbons (Fsp3) is 0.292. The van der Waals surface area contributed by atoms with Crippen LogP contribution in [-0.2, 0) is 30.6 Å². The van der Waals surface area contributed by atoms with Crippen molar-refractivity contribution in [3.8, 4) is 0 Å². The summed E-state index contributed by atoms with van der Waals surface area (Å²) < 4.78 is 6.98. The number of β-lactam (4-membered cyclic amide) rings is 1. The Hall–Kier alpha value is -4.02. The molecule has 208 valence electrons. The molecule has 2 aliphatic rings. The van der Waals surface area contributed by atoms with Crippen molar-refractivity contribution < 1.29 is 38.8 Å². The number of aromatic nitrogens is 2. The molecule has 5 heterocycles. The number of nitrogens with one attached hydrogen (secondary N) is 1. The number of carboxylic acids is 2. The van der Waals surface area contributed by atoms with Crippen LogP contribution in [0.3, 0.4) is 0 Å². The second kappa shape index (κ2) is 10.5. The number of nitrogens with two attached hydrogens (primary N) is 1. The maximum atomic E-state index is 13.2. The van der Waals surface area contributed by atoms with E-state index in [-0.39, 0.29) is 28.6 Å². The molecule has 2 aliphatic heterocycles. The smallest absolute Gasteiger partial charge is 0.352 e. The molecule has 0 spiro atoms. The molecule has 0 aliphatic carbocycles. The van der Waals surface area contributed by atoms with E-state index >= 15 is 0 Å². The molecule has 0 aromatic carbocycles. The number of rotatable bonds is 9. The van der Waals surface area contributed by atoms with E-state index in [1.807, 2.05) is 34.5 Å². The molecule has 5 rings (SSSR count). The average Bonchev–Trinajstić information content (AvgIpc) is 3.55. The number of pyridine rings is 1. The Labute approximate surface area is 239 Å². The summed E-state index contributed by atoms with van der Waals surface area (Å²) in [6.45, 7) is 2.79. The van der Waals surface area contributed by atoms with Crippen molar-refractivity contribution in [2.75, 3.05) is 11.5 Å². The van der Waals surface area contributed by atoms with E-state index < -0.39 is 40.8 Å². The summed E-state index contributed by atoms with van der Waals surface area (Å²) in [6.07, 6.45) is 3.79. The van der Waals surface area contributed by atoms with Crippen LogP contribution >= 0.6 is 34.6 Å². The number of aliphatic carboxylic acids is 2. The van der Waals surface area contributed by atoms with E-state index in [9.17, 15) is 29.4 Å². The maximum Gasteiger partial charge on any atom is 0.352 e. The van der Waals surface area contributed by atoms with Crippen molar-refractivity contribution in [1.29, 1.82) is 0 Å². The van der Waals surface area contributed by atoms with E-state index in [1.54, 1.807) is 11.3 Å². The molecule has 2 atom stereocenters. The van der Waals surface area contributed by atoms with Gasteiger partial charge < -0.3 is 26.1 Å². The van der Waals surface area contributed by atoms with Crippen molar-refractivity contribution in [1.82, 2.24) is 14.6 Å². The van der Waals surface area contributed by atoms with Gasteiger partial charge in [0.2, 0.25) is 5.60 Å². The van der Waals surface area contributed by atoms with E-state index in [2.05, 4.69) is 14.8 Å². The van der Waals surface area contributed by atoms with Crippen molar-refractivity contribution in [2.24, 2.45) is 5.16 Å². The number of nitrogens with zero attached hydrogens (tertiary/aromatic N) is 4. The Morgan fingerprint density at radius 1 is 1.32 bits per heavy atom. The van der Waals surface area contributed by atoms with Gasteiger partial charge in [-0.25, -0.2) is 9.59 Å². The predicted octanol–water partition coefficient (Wildman–Crippen LogP) is 1.25. The molecule has 0 bridgehead atoms. The number of fused-ring (bicyclic) bond motifs is 2. The van der Waals surface area contributed by atoms with Crippen LogP contribution in [0.25, 0.3) is 10.1 Å². The SMILES string of the molecule is CC(C)(ON=C(C(=O)NC1C(=O)N2C(C(=O)O)=C(C[n+]3ccc4ccsc4c3)CS[C@H]12)c1cc(N)sn1)C(=O)O. The molecular weight excluding hydrogens is 581 g/mol. The number of nitrogen functional groups attached to an aromatic ring is 1. The molecule has 0 radical (unpaired) electrons. The van der Waals surface area contributed by atoms with Crippen LogP contribution in [0.2, 0.25) is 0 Å². The number of thiophene rings is 1. The normalized spacial score (nSPS) is 19.3. The van der Waals surface area contributed by atoms with Crippen LogP contribution in [0.15, 0.2) is 52.4 Å². The lowest BCUT2D eigenvalue weighted by atomic mass is 10.0. The second-order valence-electron chi connectivity index (χ2n) is 9.44. The summed E-state index contributed by atoms with van der Waals surface area (Å²) >= 11 is 3.80. The minimum Gasteiger partial charge on any atom is -0.478 e. The highest BCUT2D eigenvalue weighted by atomic mass is 32.2. The van der Waals surface area contributed by atoms with Crippen molar-refractivity contribution >= 4 is 79.2 Å². The average molecular weight is 604 g/mol. The van der Waals surface area contributed by atoms with E-state index in [4.69, 9.17) is 10.6 Å². The first-order valence-electron chi connectivity index (χ1n) is 11.8. The highest BCUT2D eigenvalue weighted by Gasteiger charge is 2.55. The fourth-order valence-electron chi connectivity index (χ4n) is 4.08. The molecule has 3 aromatic heterocycles. The largest absolute Gasteiger partial charge is 0.478 e. The lowest BCUT2D eigenvalue weighted by molar-refractivity contribution is -0.687. The van der Waals surface area contributed by atoms with Gasteiger partial charge in [0.1, 0.15) is 27.8 Å². The number of hydrogen-bond donors (Lipinski definition) is 4. The number of carboxylic acid groups (broad SMARTS) is 2. The molecule has 2 amide bonds. The summed E-state index contributed by atoms with van der Waals surface area (Å²) in [5, 5.41) is 28.3. The van der Waals surface area contributed by atoms with Crippen LogP contribution in [0, 0.1) is 0 Å².